The maximum Gasteiger partial charge on any atom is 0.337 e. The lowest BCUT2D eigenvalue weighted by Gasteiger charge is -2.21. The molecule has 0 aromatic rings. The second-order valence-electron chi connectivity index (χ2n) is 4.23. The summed E-state index contributed by atoms with van der Waals surface area (Å²) in [6.45, 7) is 6.31. The van der Waals surface area contributed by atoms with E-state index in [1.165, 1.54) is 18.7 Å². The van der Waals surface area contributed by atoms with Crippen molar-refractivity contribution < 1.29 is 19.1 Å². The van der Waals surface area contributed by atoms with Crippen LogP contribution in [0.25, 0.3) is 0 Å². The van der Waals surface area contributed by atoms with Crippen molar-refractivity contribution >= 4 is 17.7 Å². The standard InChI is InChI=1S/C12H17NO4/c1-6-17-10(15)9-7(2)13(5)11(16)12(9,4)8(3)14/h6H2,1-5H3. The van der Waals surface area contributed by atoms with E-state index >= 15 is 0 Å². The molecule has 1 heterocycles. The molecule has 1 amide bonds. The molecular weight excluding hydrogens is 222 g/mol. The third-order valence-electron chi connectivity index (χ3n) is 3.28. The van der Waals surface area contributed by atoms with Gasteiger partial charge in [0.2, 0.25) is 5.91 Å². The first kappa shape index (κ1) is 13.4. The molecule has 0 radical (unpaired) electrons. The summed E-state index contributed by atoms with van der Waals surface area (Å²) in [6, 6.07) is 0. The summed E-state index contributed by atoms with van der Waals surface area (Å²) in [5, 5.41) is 0. The number of nitrogens with zero attached hydrogens (tertiary/aromatic N) is 1. The molecule has 94 valence electrons. The van der Waals surface area contributed by atoms with Crippen LogP contribution in [0.4, 0.5) is 0 Å². The number of amides is 1. The lowest BCUT2D eigenvalue weighted by Crippen LogP contribution is -2.40. The number of hydrogen-bond donors (Lipinski definition) is 0. The third kappa shape index (κ3) is 1.75. The van der Waals surface area contributed by atoms with Crippen LogP contribution < -0.4 is 0 Å². The number of allylic oxidation sites excluding steroid dienone is 1. The van der Waals surface area contributed by atoms with E-state index in [4.69, 9.17) is 4.74 Å². The van der Waals surface area contributed by atoms with E-state index in [0.717, 1.165) is 0 Å². The number of rotatable bonds is 3. The molecule has 5 heteroatoms. The summed E-state index contributed by atoms with van der Waals surface area (Å²) in [5.41, 5.74) is -0.782. The van der Waals surface area contributed by atoms with Crippen molar-refractivity contribution in [2.75, 3.05) is 13.7 Å². The monoisotopic (exact) mass is 239 g/mol. The van der Waals surface area contributed by atoms with Crippen LogP contribution in [0.15, 0.2) is 11.3 Å². The molecule has 0 spiro atoms. The van der Waals surface area contributed by atoms with Gasteiger partial charge >= 0.3 is 5.97 Å². The summed E-state index contributed by atoms with van der Waals surface area (Å²) in [5.74, 6) is -1.33. The van der Waals surface area contributed by atoms with Gasteiger partial charge in [0.05, 0.1) is 12.2 Å². The van der Waals surface area contributed by atoms with Crippen molar-refractivity contribution in [3.8, 4) is 0 Å². The number of hydrogen-bond acceptors (Lipinski definition) is 4. The molecular formula is C12H17NO4. The van der Waals surface area contributed by atoms with Gasteiger partial charge in [0.15, 0.2) is 0 Å². The zero-order valence-electron chi connectivity index (χ0n) is 10.8. The quantitative estimate of drug-likeness (QED) is 0.542. The zero-order valence-corrected chi connectivity index (χ0v) is 10.8. The Hall–Kier alpha value is -1.65. The minimum atomic E-state index is -1.41. The normalized spacial score (nSPS) is 24.3. The van der Waals surface area contributed by atoms with Crippen LogP contribution in [-0.2, 0) is 19.1 Å². The number of carbonyl (C=O) groups is 3. The van der Waals surface area contributed by atoms with E-state index < -0.39 is 11.4 Å². The Bertz CT molecular complexity index is 424. The van der Waals surface area contributed by atoms with E-state index in [1.807, 2.05) is 0 Å². The van der Waals surface area contributed by atoms with Crippen LogP contribution in [0.1, 0.15) is 27.7 Å². The summed E-state index contributed by atoms with van der Waals surface area (Å²) in [4.78, 5) is 36.9. The molecule has 5 nitrogen and oxygen atoms in total. The van der Waals surface area contributed by atoms with Crippen LogP contribution >= 0.6 is 0 Å². The molecule has 0 aliphatic carbocycles. The number of carbonyl (C=O) groups excluding carboxylic acids is 3. The van der Waals surface area contributed by atoms with Gasteiger partial charge in [-0.3, -0.25) is 9.59 Å². The largest absolute Gasteiger partial charge is 0.463 e. The van der Waals surface area contributed by atoms with E-state index in [9.17, 15) is 14.4 Å². The predicted molar refractivity (Wildman–Crippen MR) is 60.9 cm³/mol. The SMILES string of the molecule is CCOC(=O)C1=C(C)N(C)C(=O)C1(C)C(C)=O. The lowest BCUT2D eigenvalue weighted by molar-refractivity contribution is -0.146. The molecule has 0 aromatic heterocycles. The van der Waals surface area contributed by atoms with Crippen LogP contribution in [0, 0.1) is 5.41 Å². The van der Waals surface area contributed by atoms with Crippen molar-refractivity contribution in [3.05, 3.63) is 11.3 Å². The molecule has 0 fully saturated rings. The molecule has 0 aromatic carbocycles. The Kier molecular flexibility index (Phi) is 3.40. The molecule has 0 saturated heterocycles. The highest BCUT2D eigenvalue weighted by atomic mass is 16.5. The van der Waals surface area contributed by atoms with E-state index in [0.29, 0.717) is 5.70 Å². The van der Waals surface area contributed by atoms with Gasteiger partial charge < -0.3 is 9.64 Å². The maximum absolute atomic E-state index is 12.1. The van der Waals surface area contributed by atoms with Gasteiger partial charge in [-0.1, -0.05) is 0 Å². The molecule has 1 atom stereocenters. The minimum Gasteiger partial charge on any atom is -0.463 e. The van der Waals surface area contributed by atoms with Gasteiger partial charge in [-0.15, -0.1) is 0 Å². The minimum absolute atomic E-state index is 0.152. The topological polar surface area (TPSA) is 63.7 Å². The van der Waals surface area contributed by atoms with Gasteiger partial charge in [0, 0.05) is 12.7 Å². The summed E-state index contributed by atoms with van der Waals surface area (Å²) < 4.78 is 4.91. The summed E-state index contributed by atoms with van der Waals surface area (Å²) in [6.07, 6.45) is 0. The van der Waals surface area contributed by atoms with Crippen LogP contribution in [0.5, 0.6) is 0 Å². The molecule has 1 unspecified atom stereocenters. The fraction of sp³-hybridized carbons (Fsp3) is 0.583. The first-order valence-electron chi connectivity index (χ1n) is 5.46. The fourth-order valence-corrected chi connectivity index (χ4v) is 2.01. The van der Waals surface area contributed by atoms with Gasteiger partial charge in [0.1, 0.15) is 11.2 Å². The number of ketones is 1. The first-order chi connectivity index (χ1) is 7.78. The second kappa shape index (κ2) is 4.31. The number of esters is 1. The van der Waals surface area contributed by atoms with Crippen LogP contribution in [0.2, 0.25) is 0 Å². The summed E-state index contributed by atoms with van der Waals surface area (Å²) in [7, 11) is 1.55. The molecule has 1 aliphatic rings. The van der Waals surface area contributed by atoms with Crippen molar-refractivity contribution in [1.29, 1.82) is 0 Å². The maximum atomic E-state index is 12.1. The fourth-order valence-electron chi connectivity index (χ4n) is 2.01. The summed E-state index contributed by atoms with van der Waals surface area (Å²) >= 11 is 0. The Balaban J connectivity index is 3.35. The average molecular weight is 239 g/mol. The lowest BCUT2D eigenvalue weighted by atomic mass is 9.79. The van der Waals surface area contributed by atoms with Crippen molar-refractivity contribution in [1.82, 2.24) is 4.90 Å². The molecule has 0 bridgehead atoms. The third-order valence-corrected chi connectivity index (χ3v) is 3.28. The first-order valence-corrected chi connectivity index (χ1v) is 5.46. The predicted octanol–water partition coefficient (Wildman–Crippen LogP) is 0.891. The zero-order chi connectivity index (χ0) is 13.4. The highest BCUT2D eigenvalue weighted by molar-refractivity contribution is 6.17. The van der Waals surface area contributed by atoms with Crippen molar-refractivity contribution in [2.45, 2.75) is 27.7 Å². The smallest absolute Gasteiger partial charge is 0.337 e. The number of Topliss-reactive ketones (excluding diaryl/α,β-unsaturated/α-hetero) is 1. The van der Waals surface area contributed by atoms with Crippen LogP contribution in [0.3, 0.4) is 0 Å². The Morgan fingerprint density at radius 3 is 2.35 bits per heavy atom. The van der Waals surface area contributed by atoms with Crippen molar-refractivity contribution in [3.63, 3.8) is 0 Å². The van der Waals surface area contributed by atoms with Crippen LogP contribution in [-0.4, -0.2) is 36.2 Å². The molecule has 0 N–H and O–H groups in total. The Labute approximate surface area is 100 Å². The molecule has 0 saturated carbocycles. The van der Waals surface area contributed by atoms with E-state index in [1.54, 1.807) is 20.9 Å². The highest BCUT2D eigenvalue weighted by Crippen LogP contribution is 2.40. The van der Waals surface area contributed by atoms with E-state index in [2.05, 4.69) is 0 Å². The highest BCUT2D eigenvalue weighted by Gasteiger charge is 2.53. The van der Waals surface area contributed by atoms with Gasteiger partial charge in [0.25, 0.3) is 0 Å². The van der Waals surface area contributed by atoms with Gasteiger partial charge in [-0.05, 0) is 27.7 Å². The molecule has 1 aliphatic heterocycles. The molecule has 17 heavy (non-hydrogen) atoms. The van der Waals surface area contributed by atoms with Gasteiger partial charge in [-0.25, -0.2) is 4.79 Å². The second-order valence-corrected chi connectivity index (χ2v) is 4.23. The Morgan fingerprint density at radius 1 is 1.41 bits per heavy atom. The Morgan fingerprint density at radius 2 is 1.94 bits per heavy atom. The average Bonchev–Trinajstić information content (AvgIpc) is 2.42. The van der Waals surface area contributed by atoms with E-state index in [-0.39, 0.29) is 23.9 Å². The van der Waals surface area contributed by atoms with Gasteiger partial charge in [-0.2, -0.15) is 0 Å². The number of ether oxygens (including phenoxy) is 1. The molecule has 1 rings (SSSR count). The van der Waals surface area contributed by atoms with Crippen molar-refractivity contribution in [2.24, 2.45) is 5.41 Å².